The van der Waals surface area contributed by atoms with Gasteiger partial charge in [-0.1, -0.05) is 6.07 Å². The molecule has 37 heavy (non-hydrogen) atoms. The predicted octanol–water partition coefficient (Wildman–Crippen LogP) is 5.03. The highest BCUT2D eigenvalue weighted by atomic mass is 16.5. The summed E-state index contributed by atoms with van der Waals surface area (Å²) < 4.78 is 37.7. The summed E-state index contributed by atoms with van der Waals surface area (Å²) in [5.41, 5.74) is 1.67. The van der Waals surface area contributed by atoms with Gasteiger partial charge in [0.2, 0.25) is 5.75 Å². The van der Waals surface area contributed by atoms with Gasteiger partial charge in [-0.15, -0.1) is 0 Å². The van der Waals surface area contributed by atoms with Crippen molar-refractivity contribution in [3.63, 3.8) is 0 Å². The molecule has 0 aliphatic carbocycles. The van der Waals surface area contributed by atoms with Crippen molar-refractivity contribution in [1.29, 1.82) is 0 Å². The summed E-state index contributed by atoms with van der Waals surface area (Å²) in [7, 11) is 7.45. The Bertz CT molecular complexity index is 1510. The first-order chi connectivity index (χ1) is 17.8. The minimum absolute atomic E-state index is 0.191. The van der Waals surface area contributed by atoms with E-state index in [1.54, 1.807) is 37.4 Å². The van der Waals surface area contributed by atoms with E-state index in [2.05, 4.69) is 0 Å². The maximum atomic E-state index is 13.0. The SMILES string of the molecule is COc1ccc(-c2c(C)c3ccc(OC(=O)c4cc(OC)c(OC)c(OC)c4)cc3oc2=O)cc1OC. The van der Waals surface area contributed by atoms with Crippen LogP contribution in [0.3, 0.4) is 0 Å². The lowest BCUT2D eigenvalue weighted by atomic mass is 9.99. The number of methoxy groups -OCH3 is 5. The Labute approximate surface area is 213 Å². The van der Waals surface area contributed by atoms with E-state index >= 15 is 0 Å². The highest BCUT2D eigenvalue weighted by Crippen LogP contribution is 2.39. The average Bonchev–Trinajstić information content (AvgIpc) is 2.91. The second-order valence-electron chi connectivity index (χ2n) is 7.92. The Balaban J connectivity index is 1.70. The fourth-order valence-corrected chi connectivity index (χ4v) is 4.09. The van der Waals surface area contributed by atoms with Crippen LogP contribution in [0.4, 0.5) is 0 Å². The number of carbonyl (C=O) groups excluding carboxylic acids is 1. The Morgan fingerprint density at radius 2 is 1.38 bits per heavy atom. The number of aryl methyl sites for hydroxylation is 1. The maximum Gasteiger partial charge on any atom is 0.344 e. The van der Waals surface area contributed by atoms with Gasteiger partial charge in [0.1, 0.15) is 11.3 Å². The second-order valence-corrected chi connectivity index (χ2v) is 7.92. The van der Waals surface area contributed by atoms with Crippen LogP contribution >= 0.6 is 0 Å². The summed E-state index contributed by atoms with van der Waals surface area (Å²) in [4.78, 5) is 25.9. The lowest BCUT2D eigenvalue weighted by molar-refractivity contribution is 0.0734. The number of rotatable bonds is 8. The number of carbonyl (C=O) groups is 1. The topological polar surface area (TPSA) is 103 Å². The van der Waals surface area contributed by atoms with Crippen molar-refractivity contribution in [2.45, 2.75) is 6.92 Å². The fourth-order valence-electron chi connectivity index (χ4n) is 4.09. The molecule has 0 aliphatic rings. The third-order valence-electron chi connectivity index (χ3n) is 5.92. The van der Waals surface area contributed by atoms with Gasteiger partial charge < -0.3 is 32.8 Å². The molecule has 0 bridgehead atoms. The van der Waals surface area contributed by atoms with Crippen LogP contribution in [-0.2, 0) is 0 Å². The molecule has 1 heterocycles. The molecule has 0 unspecified atom stereocenters. The molecule has 0 amide bonds. The molecule has 192 valence electrons. The second kappa shape index (κ2) is 10.5. The van der Waals surface area contributed by atoms with Crippen molar-refractivity contribution in [2.24, 2.45) is 0 Å². The Kier molecular flexibility index (Phi) is 7.24. The molecule has 0 N–H and O–H groups in total. The number of hydrogen-bond donors (Lipinski definition) is 0. The zero-order valence-corrected chi connectivity index (χ0v) is 21.3. The number of fused-ring (bicyclic) bond motifs is 1. The van der Waals surface area contributed by atoms with E-state index in [-0.39, 0.29) is 16.9 Å². The molecule has 9 heteroatoms. The van der Waals surface area contributed by atoms with Crippen molar-refractivity contribution in [2.75, 3.05) is 35.5 Å². The van der Waals surface area contributed by atoms with Crippen LogP contribution in [0.5, 0.6) is 34.5 Å². The maximum absolute atomic E-state index is 13.0. The summed E-state index contributed by atoms with van der Waals surface area (Å²) >= 11 is 0. The number of benzene rings is 3. The van der Waals surface area contributed by atoms with Crippen molar-refractivity contribution in [1.82, 2.24) is 0 Å². The molecule has 4 aromatic rings. The summed E-state index contributed by atoms with van der Waals surface area (Å²) in [6, 6.07) is 13.0. The largest absolute Gasteiger partial charge is 0.493 e. The molecule has 0 saturated heterocycles. The normalized spacial score (nSPS) is 10.6. The molecule has 9 nitrogen and oxygen atoms in total. The molecule has 0 atom stereocenters. The first kappa shape index (κ1) is 25.4. The first-order valence-electron chi connectivity index (χ1n) is 11.2. The molecule has 0 radical (unpaired) electrons. The van der Waals surface area contributed by atoms with Crippen molar-refractivity contribution in [3.05, 3.63) is 70.1 Å². The molecule has 0 spiro atoms. The van der Waals surface area contributed by atoms with Gasteiger partial charge in [-0.2, -0.15) is 0 Å². The minimum atomic E-state index is -0.653. The Hall–Kier alpha value is -4.66. The molecular formula is C28H26O9. The van der Waals surface area contributed by atoms with Gasteiger partial charge in [0, 0.05) is 11.5 Å². The summed E-state index contributed by atoms with van der Waals surface area (Å²) in [5.74, 6) is 1.58. The van der Waals surface area contributed by atoms with Crippen LogP contribution in [0.15, 0.2) is 57.7 Å². The van der Waals surface area contributed by atoms with Crippen LogP contribution < -0.4 is 34.0 Å². The smallest absolute Gasteiger partial charge is 0.344 e. The van der Waals surface area contributed by atoms with E-state index in [0.29, 0.717) is 50.8 Å². The molecule has 4 rings (SSSR count). The van der Waals surface area contributed by atoms with Gasteiger partial charge in [0.25, 0.3) is 0 Å². The summed E-state index contributed by atoms with van der Waals surface area (Å²) in [5, 5.41) is 0.692. The number of ether oxygens (including phenoxy) is 6. The summed E-state index contributed by atoms with van der Waals surface area (Å²) in [6.45, 7) is 1.83. The Morgan fingerprint density at radius 3 is 1.97 bits per heavy atom. The molecule has 0 aliphatic heterocycles. The van der Waals surface area contributed by atoms with Crippen LogP contribution in [0.25, 0.3) is 22.1 Å². The quantitative estimate of drug-likeness (QED) is 0.185. The van der Waals surface area contributed by atoms with Gasteiger partial charge in [0.05, 0.1) is 46.7 Å². The van der Waals surface area contributed by atoms with Crippen molar-refractivity contribution < 1.29 is 37.6 Å². The van der Waals surface area contributed by atoms with E-state index in [1.807, 2.05) is 6.92 Å². The predicted molar refractivity (Wildman–Crippen MR) is 137 cm³/mol. The first-order valence-corrected chi connectivity index (χ1v) is 11.2. The van der Waals surface area contributed by atoms with Gasteiger partial charge in [-0.25, -0.2) is 9.59 Å². The molecule has 0 saturated carbocycles. The third kappa shape index (κ3) is 4.75. The van der Waals surface area contributed by atoms with E-state index in [4.69, 9.17) is 32.8 Å². The fraction of sp³-hybridized carbons (Fsp3) is 0.214. The van der Waals surface area contributed by atoms with E-state index in [9.17, 15) is 9.59 Å². The third-order valence-corrected chi connectivity index (χ3v) is 5.92. The van der Waals surface area contributed by atoms with E-state index < -0.39 is 11.6 Å². The molecule has 3 aromatic carbocycles. The monoisotopic (exact) mass is 506 g/mol. The average molecular weight is 507 g/mol. The van der Waals surface area contributed by atoms with Gasteiger partial charge in [0.15, 0.2) is 23.0 Å². The van der Waals surface area contributed by atoms with Crippen LogP contribution in [-0.4, -0.2) is 41.5 Å². The van der Waals surface area contributed by atoms with Gasteiger partial charge >= 0.3 is 11.6 Å². The molecular weight excluding hydrogens is 480 g/mol. The van der Waals surface area contributed by atoms with Crippen LogP contribution in [0.2, 0.25) is 0 Å². The van der Waals surface area contributed by atoms with Crippen LogP contribution in [0.1, 0.15) is 15.9 Å². The van der Waals surface area contributed by atoms with Crippen LogP contribution in [0, 0.1) is 6.92 Å². The summed E-state index contributed by atoms with van der Waals surface area (Å²) in [6.07, 6.45) is 0. The van der Waals surface area contributed by atoms with Crippen molar-refractivity contribution >= 4 is 16.9 Å². The van der Waals surface area contributed by atoms with Gasteiger partial charge in [-0.05, 0) is 54.4 Å². The molecule has 1 aromatic heterocycles. The minimum Gasteiger partial charge on any atom is -0.493 e. The Morgan fingerprint density at radius 1 is 0.730 bits per heavy atom. The zero-order chi connectivity index (χ0) is 26.7. The molecule has 0 fully saturated rings. The lowest BCUT2D eigenvalue weighted by Gasteiger charge is -2.14. The van der Waals surface area contributed by atoms with Crippen molar-refractivity contribution in [3.8, 4) is 45.6 Å². The standard InChI is InChI=1S/C28H26O9/c1-15-19-9-8-18(36-27(29)17-12-23(33-4)26(35-6)24(13-17)34-5)14-21(19)37-28(30)25(15)16-7-10-20(31-2)22(11-16)32-3/h7-14H,1-6H3. The highest BCUT2D eigenvalue weighted by molar-refractivity contribution is 5.94. The number of hydrogen-bond acceptors (Lipinski definition) is 9. The highest BCUT2D eigenvalue weighted by Gasteiger charge is 2.20. The van der Waals surface area contributed by atoms with E-state index in [0.717, 1.165) is 0 Å². The number of esters is 1. The zero-order valence-electron chi connectivity index (χ0n) is 21.3. The lowest BCUT2D eigenvalue weighted by Crippen LogP contribution is -2.10. The van der Waals surface area contributed by atoms with E-state index in [1.165, 1.54) is 46.6 Å². The van der Waals surface area contributed by atoms with Gasteiger partial charge in [-0.3, -0.25) is 0 Å².